The number of hydrogen-bond donors (Lipinski definition) is 2. The molecule has 0 aromatic carbocycles. The fourth-order valence-electron chi connectivity index (χ4n) is 2.65. The van der Waals surface area contributed by atoms with Crippen molar-refractivity contribution in [2.75, 3.05) is 37.8 Å². The van der Waals surface area contributed by atoms with Crippen molar-refractivity contribution in [2.24, 2.45) is 5.41 Å². The van der Waals surface area contributed by atoms with Gasteiger partial charge in [0.05, 0.1) is 11.5 Å². The monoisotopic (exact) mass is 304 g/mol. The molecule has 1 amide bonds. The zero-order valence-corrected chi connectivity index (χ0v) is 12.8. The lowest BCUT2D eigenvalue weighted by Crippen LogP contribution is -2.48. The first-order valence-corrected chi connectivity index (χ1v) is 8.99. The predicted molar refractivity (Wildman–Crippen MR) is 76.2 cm³/mol. The summed E-state index contributed by atoms with van der Waals surface area (Å²) in [6, 6.07) is -0.253. The van der Waals surface area contributed by atoms with E-state index in [-0.39, 0.29) is 35.3 Å². The minimum absolute atomic E-state index is 0.0610. The van der Waals surface area contributed by atoms with Crippen LogP contribution in [0.1, 0.15) is 26.2 Å². The fraction of sp³-hybridized carbons (Fsp3) is 0.923. The van der Waals surface area contributed by atoms with Crippen molar-refractivity contribution < 1.29 is 17.9 Å². The highest BCUT2D eigenvalue weighted by Gasteiger charge is 2.29. The Kier molecular flexibility index (Phi) is 5.04. The molecule has 2 aliphatic heterocycles. The molecule has 2 aliphatic rings. The van der Waals surface area contributed by atoms with Crippen molar-refractivity contribution in [1.82, 2.24) is 10.6 Å². The Bertz CT molecular complexity index is 443. The summed E-state index contributed by atoms with van der Waals surface area (Å²) in [7, 11) is -2.98. The molecule has 116 valence electrons. The molecular formula is C13H24N2O4S. The Labute approximate surface area is 120 Å². The van der Waals surface area contributed by atoms with E-state index >= 15 is 0 Å². The third-order valence-electron chi connectivity index (χ3n) is 4.15. The van der Waals surface area contributed by atoms with Gasteiger partial charge in [-0.2, -0.15) is 0 Å². The van der Waals surface area contributed by atoms with Crippen LogP contribution in [0.25, 0.3) is 0 Å². The maximum Gasteiger partial charge on any atom is 0.221 e. The highest BCUT2D eigenvalue weighted by Crippen LogP contribution is 2.28. The van der Waals surface area contributed by atoms with Crippen LogP contribution >= 0.6 is 0 Å². The van der Waals surface area contributed by atoms with Crippen molar-refractivity contribution in [2.45, 2.75) is 32.2 Å². The zero-order valence-electron chi connectivity index (χ0n) is 12.0. The topological polar surface area (TPSA) is 84.5 Å². The van der Waals surface area contributed by atoms with Crippen molar-refractivity contribution >= 4 is 15.7 Å². The smallest absolute Gasteiger partial charge is 0.221 e. The number of hydrogen-bond acceptors (Lipinski definition) is 5. The van der Waals surface area contributed by atoms with E-state index in [9.17, 15) is 13.2 Å². The molecule has 0 aliphatic carbocycles. The van der Waals surface area contributed by atoms with E-state index < -0.39 is 9.84 Å². The lowest BCUT2D eigenvalue weighted by molar-refractivity contribution is -0.122. The molecule has 0 spiro atoms. The second-order valence-corrected chi connectivity index (χ2v) is 8.40. The standard InChI is InChI=1S/C13H24N2O4S/c1-13(2-5-19-6-3-13)10-15-12(16)8-11-9-20(17,18)7-4-14-11/h11,14H,2-10H2,1H3,(H,15,16). The number of carbonyl (C=O) groups is 1. The van der Waals surface area contributed by atoms with Gasteiger partial charge in [-0.1, -0.05) is 6.92 Å². The Morgan fingerprint density at radius 1 is 1.40 bits per heavy atom. The number of nitrogens with one attached hydrogen (secondary N) is 2. The SMILES string of the molecule is CC1(CNC(=O)CC2CS(=O)(=O)CCN2)CCOCC1. The van der Waals surface area contributed by atoms with Crippen LogP contribution in [-0.4, -0.2) is 58.2 Å². The molecule has 2 rings (SSSR count). The van der Waals surface area contributed by atoms with Gasteiger partial charge in [0.15, 0.2) is 9.84 Å². The molecule has 2 saturated heterocycles. The fourth-order valence-corrected chi connectivity index (χ4v) is 4.09. The predicted octanol–water partition coefficient (Wildman–Crippen LogP) is -0.304. The quantitative estimate of drug-likeness (QED) is 0.745. The maximum atomic E-state index is 11.9. The van der Waals surface area contributed by atoms with Crippen molar-refractivity contribution in [3.8, 4) is 0 Å². The Morgan fingerprint density at radius 2 is 2.10 bits per heavy atom. The summed E-state index contributed by atoms with van der Waals surface area (Å²) < 4.78 is 28.4. The summed E-state index contributed by atoms with van der Waals surface area (Å²) in [6.45, 7) is 4.71. The van der Waals surface area contributed by atoms with Gasteiger partial charge in [-0.15, -0.1) is 0 Å². The molecule has 0 saturated carbocycles. The normalized spacial score (nSPS) is 28.8. The maximum absolute atomic E-state index is 11.9. The first-order valence-electron chi connectivity index (χ1n) is 7.17. The first-order chi connectivity index (χ1) is 9.39. The van der Waals surface area contributed by atoms with Crippen molar-refractivity contribution in [3.63, 3.8) is 0 Å². The molecular weight excluding hydrogens is 280 g/mol. The van der Waals surface area contributed by atoms with E-state index in [4.69, 9.17) is 4.74 Å². The molecule has 7 heteroatoms. The van der Waals surface area contributed by atoms with Crippen LogP contribution in [0.5, 0.6) is 0 Å². The summed E-state index contributed by atoms with van der Waals surface area (Å²) in [6.07, 6.45) is 2.12. The number of rotatable bonds is 4. The molecule has 6 nitrogen and oxygen atoms in total. The molecule has 20 heavy (non-hydrogen) atoms. The van der Waals surface area contributed by atoms with Gasteiger partial charge in [0.25, 0.3) is 0 Å². The van der Waals surface area contributed by atoms with E-state index in [1.54, 1.807) is 0 Å². The summed E-state index contributed by atoms with van der Waals surface area (Å²) in [4.78, 5) is 11.9. The summed E-state index contributed by atoms with van der Waals surface area (Å²) in [5.74, 6) is 0.154. The van der Waals surface area contributed by atoms with E-state index in [0.29, 0.717) is 13.1 Å². The highest BCUT2D eigenvalue weighted by atomic mass is 32.2. The molecule has 2 fully saturated rings. The van der Waals surface area contributed by atoms with Gasteiger partial charge in [0, 0.05) is 38.8 Å². The molecule has 0 aromatic heterocycles. The molecule has 2 heterocycles. The third-order valence-corrected chi connectivity index (χ3v) is 5.88. The second-order valence-electron chi connectivity index (χ2n) is 6.17. The van der Waals surface area contributed by atoms with E-state index in [0.717, 1.165) is 26.1 Å². The highest BCUT2D eigenvalue weighted by molar-refractivity contribution is 7.91. The van der Waals surface area contributed by atoms with Gasteiger partial charge in [-0.05, 0) is 18.3 Å². The van der Waals surface area contributed by atoms with Crippen LogP contribution in [0.4, 0.5) is 0 Å². The molecule has 1 unspecified atom stereocenters. The van der Waals surface area contributed by atoms with Crippen LogP contribution < -0.4 is 10.6 Å². The Morgan fingerprint density at radius 3 is 2.75 bits per heavy atom. The van der Waals surface area contributed by atoms with Crippen LogP contribution in [0.3, 0.4) is 0 Å². The van der Waals surface area contributed by atoms with Gasteiger partial charge in [-0.25, -0.2) is 8.42 Å². The van der Waals surface area contributed by atoms with E-state index in [1.165, 1.54) is 0 Å². The number of carbonyl (C=O) groups excluding carboxylic acids is 1. The van der Waals surface area contributed by atoms with Gasteiger partial charge in [0.2, 0.25) is 5.91 Å². The molecule has 2 N–H and O–H groups in total. The molecule has 0 aromatic rings. The lowest BCUT2D eigenvalue weighted by atomic mass is 9.82. The molecule has 1 atom stereocenters. The Hall–Kier alpha value is -0.660. The number of sulfone groups is 1. The van der Waals surface area contributed by atoms with Gasteiger partial charge in [-0.3, -0.25) is 4.79 Å². The summed E-state index contributed by atoms with van der Waals surface area (Å²) in [5, 5.41) is 6.03. The zero-order chi connectivity index (χ0) is 14.6. The minimum atomic E-state index is -2.98. The van der Waals surface area contributed by atoms with E-state index in [1.807, 2.05) is 0 Å². The summed E-state index contributed by atoms with van der Waals surface area (Å²) in [5.41, 5.74) is 0.0972. The lowest BCUT2D eigenvalue weighted by Gasteiger charge is -2.33. The average molecular weight is 304 g/mol. The summed E-state index contributed by atoms with van der Waals surface area (Å²) >= 11 is 0. The minimum Gasteiger partial charge on any atom is -0.381 e. The molecule has 0 bridgehead atoms. The van der Waals surface area contributed by atoms with Gasteiger partial charge >= 0.3 is 0 Å². The first kappa shape index (κ1) is 15.7. The second kappa shape index (κ2) is 6.41. The average Bonchev–Trinajstić information content (AvgIpc) is 2.36. The largest absolute Gasteiger partial charge is 0.381 e. The Balaban J connectivity index is 1.75. The number of amides is 1. The van der Waals surface area contributed by atoms with Crippen molar-refractivity contribution in [1.29, 1.82) is 0 Å². The van der Waals surface area contributed by atoms with Gasteiger partial charge < -0.3 is 15.4 Å². The van der Waals surface area contributed by atoms with Crippen LogP contribution in [0.15, 0.2) is 0 Å². The third kappa shape index (κ3) is 4.71. The van der Waals surface area contributed by atoms with Crippen molar-refractivity contribution in [3.05, 3.63) is 0 Å². The van der Waals surface area contributed by atoms with E-state index in [2.05, 4.69) is 17.6 Å². The number of ether oxygens (including phenoxy) is 1. The van der Waals surface area contributed by atoms with Crippen LogP contribution in [0, 0.1) is 5.41 Å². The van der Waals surface area contributed by atoms with Crippen LogP contribution in [0.2, 0.25) is 0 Å². The molecule has 0 radical (unpaired) electrons. The van der Waals surface area contributed by atoms with Crippen LogP contribution in [-0.2, 0) is 19.4 Å². The van der Waals surface area contributed by atoms with Gasteiger partial charge in [0.1, 0.15) is 0 Å².